The number of hydrogen-bond donors (Lipinski definition) is 0. The van der Waals surface area contributed by atoms with E-state index in [4.69, 9.17) is 0 Å². The Bertz CT molecular complexity index is 53.1. The predicted octanol–water partition coefficient (Wildman–Crippen LogP) is 1.89. The van der Waals surface area contributed by atoms with Gasteiger partial charge in [-0.2, -0.15) is 0 Å². The second kappa shape index (κ2) is 1.56. The maximum Gasteiger partial charge on any atom is 0.263 e. The van der Waals surface area contributed by atoms with Gasteiger partial charge in [-0.15, -0.1) is 6.58 Å². The third kappa shape index (κ3) is 3.89. The van der Waals surface area contributed by atoms with Gasteiger partial charge in [-0.1, -0.05) is 5.70 Å². The minimum absolute atomic E-state index is 1.41. The summed E-state index contributed by atoms with van der Waals surface area (Å²) in [5.41, 5.74) is 1.41. The van der Waals surface area contributed by atoms with Crippen molar-refractivity contribution in [3.63, 3.8) is 0 Å². The van der Waals surface area contributed by atoms with Crippen LogP contribution < -0.4 is 0 Å². The largest absolute Gasteiger partial charge is 0.309 e. The summed E-state index contributed by atoms with van der Waals surface area (Å²) in [4.78, 5) is 0. The third-order valence-corrected chi connectivity index (χ3v) is 1.46. The van der Waals surface area contributed by atoms with Gasteiger partial charge in [-0.05, 0) is 13.1 Å². The van der Waals surface area contributed by atoms with Crippen molar-refractivity contribution in [2.24, 2.45) is 0 Å². The molecule has 0 aromatic heterocycles. The molecule has 0 rings (SSSR count). The van der Waals surface area contributed by atoms with Gasteiger partial charge in [0.15, 0.2) is 0 Å². The lowest BCUT2D eigenvalue weighted by Gasteiger charge is -1.98. The highest BCUT2D eigenvalue weighted by molar-refractivity contribution is 6.75. The molecular formula is C4H9FSi. The van der Waals surface area contributed by atoms with E-state index in [0.29, 0.717) is 0 Å². The summed E-state index contributed by atoms with van der Waals surface area (Å²) in [6, 6.07) is 0. The summed E-state index contributed by atoms with van der Waals surface area (Å²) in [5.74, 6) is 0. The first-order valence-corrected chi connectivity index (χ1v) is 4.84. The van der Waals surface area contributed by atoms with E-state index < -0.39 is 8.41 Å². The molecule has 6 heavy (non-hydrogen) atoms. The van der Waals surface area contributed by atoms with Gasteiger partial charge < -0.3 is 4.11 Å². The first kappa shape index (κ1) is 5.89. The van der Waals surface area contributed by atoms with Gasteiger partial charge in [-0.25, -0.2) is 0 Å². The molecule has 0 aliphatic rings. The third-order valence-electron chi connectivity index (χ3n) is 0.485. The smallest absolute Gasteiger partial charge is 0.263 e. The van der Waals surface area contributed by atoms with Crippen LogP contribution in [-0.4, -0.2) is 8.41 Å². The highest BCUT2D eigenvalue weighted by atomic mass is 28.4. The molecule has 0 nitrogen and oxygen atoms in total. The van der Waals surface area contributed by atoms with Crippen LogP contribution in [0, 0.1) is 0 Å². The topological polar surface area (TPSA) is 0 Å². The molecule has 36 valence electrons. The lowest BCUT2D eigenvalue weighted by atomic mass is 11.3. The molecule has 0 saturated heterocycles. The zero-order chi connectivity index (χ0) is 5.21. The van der Waals surface area contributed by atoms with E-state index >= 15 is 0 Å². The molecule has 0 aliphatic heterocycles. The molecule has 0 unspecified atom stereocenters. The van der Waals surface area contributed by atoms with Crippen LogP contribution in [0.4, 0.5) is 4.11 Å². The summed E-state index contributed by atoms with van der Waals surface area (Å²) in [7, 11) is -2.37. The molecule has 0 spiro atoms. The highest BCUT2D eigenvalue weighted by Crippen LogP contribution is 2.01. The van der Waals surface area contributed by atoms with Crippen molar-refractivity contribution in [3.8, 4) is 0 Å². The van der Waals surface area contributed by atoms with Gasteiger partial charge in [0.25, 0.3) is 8.41 Å². The van der Waals surface area contributed by atoms with E-state index in [2.05, 4.69) is 6.58 Å². The Balaban J connectivity index is 3.45. The Morgan fingerprint density at radius 1 is 1.67 bits per heavy atom. The summed E-state index contributed by atoms with van der Waals surface area (Å²) < 4.78 is 12.1. The molecule has 0 radical (unpaired) electrons. The minimum atomic E-state index is -2.37. The molecule has 0 N–H and O–H groups in total. The molecule has 0 fully saturated rings. The average Bonchev–Trinajstić information content (AvgIpc) is 1.35. The molecular weight excluding hydrogens is 95.1 g/mol. The Morgan fingerprint density at radius 2 is 1.83 bits per heavy atom. The molecule has 2 heteroatoms. The van der Waals surface area contributed by atoms with E-state index in [1.807, 2.05) is 0 Å². The molecule has 0 amide bonds. The Labute approximate surface area is 38.9 Å². The standard InChI is InChI=1S/C4H9FSi/c1-4-6(2,3)5/h4H,1H2,2-3H3. The number of halogens is 1. The first-order valence-electron chi connectivity index (χ1n) is 1.89. The van der Waals surface area contributed by atoms with Gasteiger partial charge in [0, 0.05) is 0 Å². The second-order valence-corrected chi connectivity index (χ2v) is 5.31. The first-order chi connectivity index (χ1) is 2.56. The predicted molar refractivity (Wildman–Crippen MR) is 28.8 cm³/mol. The van der Waals surface area contributed by atoms with Crippen LogP contribution in [0.1, 0.15) is 0 Å². The summed E-state index contributed by atoms with van der Waals surface area (Å²) in [6.45, 7) is 6.51. The van der Waals surface area contributed by atoms with Crippen molar-refractivity contribution in [1.82, 2.24) is 0 Å². The van der Waals surface area contributed by atoms with Crippen LogP contribution in [0.5, 0.6) is 0 Å². The van der Waals surface area contributed by atoms with Gasteiger partial charge in [-0.3, -0.25) is 0 Å². The molecule has 0 atom stereocenters. The van der Waals surface area contributed by atoms with Crippen molar-refractivity contribution in [3.05, 3.63) is 12.3 Å². The monoisotopic (exact) mass is 104 g/mol. The number of rotatable bonds is 1. The van der Waals surface area contributed by atoms with Gasteiger partial charge in [0.2, 0.25) is 0 Å². The fourth-order valence-corrected chi connectivity index (χ4v) is 0. The Morgan fingerprint density at radius 3 is 1.83 bits per heavy atom. The van der Waals surface area contributed by atoms with E-state index in [9.17, 15) is 4.11 Å². The van der Waals surface area contributed by atoms with Gasteiger partial charge in [0.1, 0.15) is 0 Å². The summed E-state index contributed by atoms with van der Waals surface area (Å²) in [5, 5.41) is 0. The maximum absolute atomic E-state index is 12.1. The van der Waals surface area contributed by atoms with E-state index in [0.717, 1.165) is 0 Å². The Hall–Kier alpha value is -0.113. The van der Waals surface area contributed by atoms with E-state index in [1.54, 1.807) is 13.1 Å². The molecule has 0 aromatic rings. The van der Waals surface area contributed by atoms with Crippen molar-refractivity contribution in [2.75, 3.05) is 0 Å². The molecule has 0 saturated carbocycles. The van der Waals surface area contributed by atoms with Crippen molar-refractivity contribution >= 4 is 8.41 Å². The normalized spacial score (nSPS) is 11.2. The van der Waals surface area contributed by atoms with E-state index in [-0.39, 0.29) is 0 Å². The molecule has 0 heterocycles. The SMILES string of the molecule is C=C[Si](C)(C)F. The lowest BCUT2D eigenvalue weighted by Crippen LogP contribution is -2.12. The quantitative estimate of drug-likeness (QED) is 0.352. The zero-order valence-electron chi connectivity index (χ0n) is 4.16. The lowest BCUT2D eigenvalue weighted by molar-refractivity contribution is 0.820. The summed E-state index contributed by atoms with van der Waals surface area (Å²) in [6.07, 6.45) is 0. The highest BCUT2D eigenvalue weighted by Gasteiger charge is 2.12. The van der Waals surface area contributed by atoms with Crippen LogP contribution in [0.2, 0.25) is 13.1 Å². The van der Waals surface area contributed by atoms with Crippen LogP contribution in [0.3, 0.4) is 0 Å². The van der Waals surface area contributed by atoms with Crippen LogP contribution in [0.25, 0.3) is 0 Å². The van der Waals surface area contributed by atoms with Crippen LogP contribution in [-0.2, 0) is 0 Å². The maximum atomic E-state index is 12.1. The Kier molecular flexibility index (Phi) is 1.53. The second-order valence-electron chi connectivity index (χ2n) is 1.77. The average molecular weight is 104 g/mol. The number of hydrogen-bond acceptors (Lipinski definition) is 0. The van der Waals surface area contributed by atoms with E-state index in [1.165, 1.54) is 5.70 Å². The van der Waals surface area contributed by atoms with Gasteiger partial charge in [0.05, 0.1) is 0 Å². The van der Waals surface area contributed by atoms with Crippen molar-refractivity contribution < 1.29 is 4.11 Å². The summed E-state index contributed by atoms with van der Waals surface area (Å²) >= 11 is 0. The molecule has 0 aliphatic carbocycles. The van der Waals surface area contributed by atoms with Crippen LogP contribution in [0.15, 0.2) is 12.3 Å². The minimum Gasteiger partial charge on any atom is -0.309 e. The van der Waals surface area contributed by atoms with Crippen molar-refractivity contribution in [2.45, 2.75) is 13.1 Å². The fourth-order valence-electron chi connectivity index (χ4n) is 0. The van der Waals surface area contributed by atoms with Crippen LogP contribution >= 0.6 is 0 Å². The van der Waals surface area contributed by atoms with Crippen molar-refractivity contribution in [1.29, 1.82) is 0 Å². The molecule has 0 aromatic carbocycles. The fraction of sp³-hybridized carbons (Fsp3) is 0.500. The van der Waals surface area contributed by atoms with Gasteiger partial charge >= 0.3 is 0 Å². The zero-order valence-corrected chi connectivity index (χ0v) is 5.16. The molecule has 0 bridgehead atoms.